The monoisotopic (exact) mass is 376 g/mol. The predicted octanol–water partition coefficient (Wildman–Crippen LogP) is 3.62. The normalized spacial score (nSPS) is 22.8. The molecule has 2 atom stereocenters. The van der Waals surface area contributed by atoms with Crippen molar-refractivity contribution in [1.82, 2.24) is 4.90 Å². The first kappa shape index (κ1) is 18.1. The van der Waals surface area contributed by atoms with Crippen molar-refractivity contribution >= 4 is 40.6 Å². The van der Waals surface area contributed by atoms with Gasteiger partial charge < -0.3 is 4.74 Å². The Kier molecular flexibility index (Phi) is 5.24. The molecule has 2 aliphatic heterocycles. The van der Waals surface area contributed by atoms with Crippen molar-refractivity contribution in [3.63, 3.8) is 0 Å². The molecule has 25 heavy (non-hydrogen) atoms. The Balaban J connectivity index is 2.12. The number of aliphatic imine (C=N–C) groups is 1. The second kappa shape index (κ2) is 7.25. The van der Waals surface area contributed by atoms with Gasteiger partial charge in [-0.3, -0.25) is 9.69 Å². The molecule has 1 amide bonds. The molecule has 5 nitrogen and oxygen atoms in total. The molecule has 0 saturated carbocycles. The minimum Gasteiger partial charge on any atom is -0.463 e. The maximum Gasteiger partial charge on any atom is 0.338 e. The van der Waals surface area contributed by atoms with E-state index in [-0.39, 0.29) is 17.8 Å². The molecule has 0 bridgehead atoms. The molecule has 2 aliphatic rings. The van der Waals surface area contributed by atoms with E-state index >= 15 is 0 Å². The predicted molar refractivity (Wildman–Crippen MR) is 102 cm³/mol. The van der Waals surface area contributed by atoms with Crippen LogP contribution in [0.15, 0.2) is 45.4 Å². The van der Waals surface area contributed by atoms with Crippen LogP contribution in [0.4, 0.5) is 0 Å². The second-order valence-corrected chi connectivity index (χ2v) is 7.95. The third-order valence-corrected chi connectivity index (χ3v) is 5.98. The number of amides is 1. The molecular weight excluding hydrogens is 356 g/mol. The topological polar surface area (TPSA) is 59.0 Å². The van der Waals surface area contributed by atoms with E-state index in [0.717, 1.165) is 10.5 Å². The highest BCUT2D eigenvalue weighted by molar-refractivity contribution is 8.15. The van der Waals surface area contributed by atoms with Crippen LogP contribution in [-0.2, 0) is 14.3 Å². The number of fused-ring (bicyclic) bond motifs is 1. The number of hydrogen-bond donors (Lipinski definition) is 0. The molecular formula is C18H20N2O3S2. The standard InChI is InChI=1S/C18H20N2O3S2/c1-5-23-17(22)14-10(2)19-18-20(16(21)11(3)25-18)15(14)12-6-8-13(24-4)9-7-12/h6-9,11,15H,5H2,1-4H3. The molecule has 0 spiro atoms. The van der Waals surface area contributed by atoms with Crippen LogP contribution in [0.1, 0.15) is 32.4 Å². The lowest BCUT2D eigenvalue weighted by molar-refractivity contribution is -0.139. The van der Waals surface area contributed by atoms with Gasteiger partial charge in [0.15, 0.2) is 5.17 Å². The van der Waals surface area contributed by atoms with Crippen LogP contribution >= 0.6 is 23.5 Å². The summed E-state index contributed by atoms with van der Waals surface area (Å²) >= 11 is 3.08. The molecule has 2 heterocycles. The van der Waals surface area contributed by atoms with E-state index in [0.29, 0.717) is 16.4 Å². The first-order chi connectivity index (χ1) is 12.0. The summed E-state index contributed by atoms with van der Waals surface area (Å²) in [6, 6.07) is 7.44. The highest BCUT2D eigenvalue weighted by Gasteiger charge is 2.46. The highest BCUT2D eigenvalue weighted by Crippen LogP contribution is 2.43. The third kappa shape index (κ3) is 3.22. The quantitative estimate of drug-likeness (QED) is 0.593. The van der Waals surface area contributed by atoms with E-state index in [1.807, 2.05) is 37.4 Å². The number of allylic oxidation sites excluding steroid dienone is 1. The van der Waals surface area contributed by atoms with Crippen molar-refractivity contribution in [2.75, 3.05) is 12.9 Å². The van der Waals surface area contributed by atoms with Crippen LogP contribution in [0.2, 0.25) is 0 Å². The van der Waals surface area contributed by atoms with Crippen LogP contribution in [0, 0.1) is 0 Å². The zero-order chi connectivity index (χ0) is 18.1. The van der Waals surface area contributed by atoms with Gasteiger partial charge in [-0.15, -0.1) is 11.8 Å². The molecule has 1 fully saturated rings. The minimum atomic E-state index is -0.493. The van der Waals surface area contributed by atoms with Gasteiger partial charge in [-0.05, 0) is 44.7 Å². The Bertz CT molecular complexity index is 771. The molecule has 0 aromatic heterocycles. The first-order valence-corrected chi connectivity index (χ1v) is 10.2. The van der Waals surface area contributed by atoms with Crippen LogP contribution in [-0.4, -0.2) is 40.1 Å². The Morgan fingerprint density at radius 3 is 2.64 bits per heavy atom. The number of rotatable bonds is 4. The molecule has 0 N–H and O–H groups in total. The Morgan fingerprint density at radius 1 is 1.36 bits per heavy atom. The number of hydrogen-bond acceptors (Lipinski definition) is 6. The zero-order valence-corrected chi connectivity index (χ0v) is 16.2. The molecule has 1 saturated heterocycles. The lowest BCUT2D eigenvalue weighted by atomic mass is 9.94. The zero-order valence-electron chi connectivity index (χ0n) is 14.6. The van der Waals surface area contributed by atoms with Crippen molar-refractivity contribution in [1.29, 1.82) is 0 Å². The van der Waals surface area contributed by atoms with E-state index in [1.165, 1.54) is 11.8 Å². The van der Waals surface area contributed by atoms with E-state index in [1.54, 1.807) is 30.5 Å². The van der Waals surface area contributed by atoms with E-state index in [2.05, 4.69) is 4.99 Å². The van der Waals surface area contributed by atoms with E-state index < -0.39 is 12.0 Å². The van der Waals surface area contributed by atoms with Gasteiger partial charge in [-0.1, -0.05) is 23.9 Å². The van der Waals surface area contributed by atoms with Crippen molar-refractivity contribution in [3.05, 3.63) is 41.1 Å². The van der Waals surface area contributed by atoms with Gasteiger partial charge in [-0.25, -0.2) is 9.79 Å². The maximum absolute atomic E-state index is 12.7. The SMILES string of the molecule is CCOC(=O)C1=C(C)N=C2SC(C)C(=O)N2C1c1ccc(SC)cc1. The smallest absolute Gasteiger partial charge is 0.338 e. The summed E-state index contributed by atoms with van der Waals surface area (Å²) in [4.78, 5) is 32.6. The summed E-state index contributed by atoms with van der Waals surface area (Å²) in [5.41, 5.74) is 1.93. The lowest BCUT2D eigenvalue weighted by Crippen LogP contribution is -2.40. The molecule has 132 valence electrons. The van der Waals surface area contributed by atoms with Gasteiger partial charge >= 0.3 is 5.97 Å². The number of amidine groups is 1. The van der Waals surface area contributed by atoms with Crippen LogP contribution in [0.5, 0.6) is 0 Å². The van der Waals surface area contributed by atoms with Gasteiger partial charge in [-0.2, -0.15) is 0 Å². The number of benzene rings is 1. The van der Waals surface area contributed by atoms with Gasteiger partial charge in [0, 0.05) is 4.90 Å². The maximum atomic E-state index is 12.7. The molecule has 1 aromatic rings. The molecule has 7 heteroatoms. The first-order valence-electron chi connectivity index (χ1n) is 8.08. The van der Waals surface area contributed by atoms with Crippen LogP contribution in [0.3, 0.4) is 0 Å². The summed E-state index contributed by atoms with van der Waals surface area (Å²) < 4.78 is 5.24. The fourth-order valence-corrected chi connectivity index (χ4v) is 4.41. The van der Waals surface area contributed by atoms with Crippen molar-refractivity contribution < 1.29 is 14.3 Å². The van der Waals surface area contributed by atoms with Gasteiger partial charge in [0.25, 0.3) is 0 Å². The highest BCUT2D eigenvalue weighted by atomic mass is 32.2. The number of thioether (sulfide) groups is 2. The second-order valence-electron chi connectivity index (χ2n) is 5.76. The fourth-order valence-electron chi connectivity index (χ4n) is 2.97. The summed E-state index contributed by atoms with van der Waals surface area (Å²) in [7, 11) is 0. The van der Waals surface area contributed by atoms with Gasteiger partial charge in [0.1, 0.15) is 0 Å². The van der Waals surface area contributed by atoms with Crippen molar-refractivity contribution in [3.8, 4) is 0 Å². The Labute approximate surface area is 155 Å². The summed E-state index contributed by atoms with van der Waals surface area (Å²) in [5.74, 6) is -0.448. The molecule has 0 radical (unpaired) electrons. The van der Waals surface area contributed by atoms with Gasteiger partial charge in [0.2, 0.25) is 5.91 Å². The number of esters is 1. The largest absolute Gasteiger partial charge is 0.463 e. The van der Waals surface area contributed by atoms with Crippen molar-refractivity contribution in [2.45, 2.75) is 37.0 Å². The van der Waals surface area contributed by atoms with Crippen LogP contribution < -0.4 is 0 Å². The van der Waals surface area contributed by atoms with Crippen LogP contribution in [0.25, 0.3) is 0 Å². The average molecular weight is 377 g/mol. The number of carbonyl (C=O) groups is 2. The van der Waals surface area contributed by atoms with Gasteiger partial charge in [0.05, 0.1) is 29.2 Å². The summed E-state index contributed by atoms with van der Waals surface area (Å²) in [5, 5.41) is 0.447. The molecule has 2 unspecified atom stereocenters. The fraction of sp³-hybridized carbons (Fsp3) is 0.389. The number of ether oxygens (including phenoxy) is 1. The van der Waals surface area contributed by atoms with Crippen molar-refractivity contribution in [2.24, 2.45) is 4.99 Å². The Hall–Kier alpha value is -1.73. The molecule has 1 aromatic carbocycles. The summed E-state index contributed by atoms with van der Waals surface area (Å²) in [6.45, 7) is 5.71. The minimum absolute atomic E-state index is 0.0306. The summed E-state index contributed by atoms with van der Waals surface area (Å²) in [6.07, 6.45) is 2.01. The Morgan fingerprint density at radius 2 is 2.04 bits per heavy atom. The van der Waals surface area contributed by atoms with E-state index in [9.17, 15) is 9.59 Å². The third-order valence-electron chi connectivity index (χ3n) is 4.19. The number of nitrogens with zero attached hydrogens (tertiary/aromatic N) is 2. The van der Waals surface area contributed by atoms with E-state index in [4.69, 9.17) is 4.74 Å². The average Bonchev–Trinajstić information content (AvgIpc) is 2.88. The number of carbonyl (C=O) groups excluding carboxylic acids is 2. The molecule has 3 rings (SSSR count). The molecule has 0 aliphatic carbocycles. The lowest BCUT2D eigenvalue weighted by Gasteiger charge is -2.33.